The van der Waals surface area contributed by atoms with E-state index in [0.717, 1.165) is 20.0 Å². The zero-order chi connectivity index (χ0) is 16.2. The van der Waals surface area contributed by atoms with Gasteiger partial charge in [0.1, 0.15) is 0 Å². The maximum atomic E-state index is 12.9. The number of nitrogen functional groups attached to an aromatic ring is 1. The Balaban J connectivity index is 1.94. The second kappa shape index (κ2) is 6.98. The van der Waals surface area contributed by atoms with E-state index in [1.165, 1.54) is 0 Å². The van der Waals surface area contributed by atoms with Crippen LogP contribution in [0.15, 0.2) is 70.5 Å². The normalized spacial score (nSPS) is 10.5. The zero-order valence-electron chi connectivity index (χ0n) is 12.3. The van der Waals surface area contributed by atoms with Gasteiger partial charge >= 0.3 is 0 Å². The summed E-state index contributed by atoms with van der Waals surface area (Å²) < 4.78 is 1.03. The predicted octanol–water partition coefficient (Wildman–Crippen LogP) is 5.00. The zero-order valence-corrected chi connectivity index (χ0v) is 14.7. The fraction of sp³-hybridized carbons (Fsp3) is 0.0556. The van der Waals surface area contributed by atoms with Crippen molar-refractivity contribution < 1.29 is 4.79 Å². The number of hydrogen-bond donors (Lipinski definition) is 1. The van der Waals surface area contributed by atoms with Gasteiger partial charge in [0.05, 0.1) is 10.2 Å². The van der Waals surface area contributed by atoms with Gasteiger partial charge in [-0.15, -0.1) is 11.3 Å². The van der Waals surface area contributed by atoms with Gasteiger partial charge in [0.15, 0.2) is 0 Å². The molecule has 3 rings (SSSR count). The van der Waals surface area contributed by atoms with E-state index in [-0.39, 0.29) is 5.91 Å². The maximum absolute atomic E-state index is 12.9. The van der Waals surface area contributed by atoms with E-state index in [4.69, 9.17) is 5.73 Å². The smallest absolute Gasteiger partial charge is 0.236 e. The second-order valence-electron chi connectivity index (χ2n) is 5.04. The van der Waals surface area contributed by atoms with Gasteiger partial charge in [-0.3, -0.25) is 9.69 Å². The van der Waals surface area contributed by atoms with E-state index in [9.17, 15) is 4.79 Å². The molecule has 3 aromatic rings. The molecule has 1 heterocycles. The summed E-state index contributed by atoms with van der Waals surface area (Å²) in [7, 11) is 0. The number of anilines is 3. The molecule has 23 heavy (non-hydrogen) atoms. The minimum absolute atomic E-state index is 0.0234. The fourth-order valence-electron chi connectivity index (χ4n) is 2.31. The van der Waals surface area contributed by atoms with Crippen molar-refractivity contribution in [3.05, 3.63) is 75.4 Å². The van der Waals surface area contributed by atoms with Gasteiger partial charge in [-0.2, -0.15) is 0 Å². The molecule has 1 aromatic heterocycles. The molecular weight excluding hydrogens is 372 g/mol. The number of hydrogen-bond acceptors (Lipinski definition) is 3. The molecule has 0 spiro atoms. The summed E-state index contributed by atoms with van der Waals surface area (Å²) in [6.45, 7) is 0. The Kier molecular flexibility index (Phi) is 4.79. The number of nitrogens with zero attached hydrogens (tertiary/aromatic N) is 1. The highest BCUT2D eigenvalue weighted by molar-refractivity contribution is 9.11. The Morgan fingerprint density at radius 2 is 1.61 bits per heavy atom. The molecule has 0 fully saturated rings. The Bertz CT molecular complexity index is 799. The third-order valence-electron chi connectivity index (χ3n) is 3.37. The topological polar surface area (TPSA) is 46.3 Å². The molecule has 5 heteroatoms. The molecule has 0 aliphatic rings. The van der Waals surface area contributed by atoms with Crippen LogP contribution in [0, 0.1) is 0 Å². The monoisotopic (exact) mass is 386 g/mol. The molecule has 3 nitrogen and oxygen atoms in total. The summed E-state index contributed by atoms with van der Waals surface area (Å²) in [5, 5.41) is 0. The summed E-state index contributed by atoms with van der Waals surface area (Å²) in [6.07, 6.45) is 0.357. The summed E-state index contributed by atoms with van der Waals surface area (Å²) in [5.74, 6) is 0.0234. The molecule has 2 N–H and O–H groups in total. The van der Waals surface area contributed by atoms with Crippen molar-refractivity contribution in [2.24, 2.45) is 0 Å². The number of amides is 1. The number of carbonyl (C=O) groups is 1. The Morgan fingerprint density at radius 3 is 2.22 bits per heavy atom. The first kappa shape index (κ1) is 15.8. The lowest BCUT2D eigenvalue weighted by Gasteiger charge is -2.23. The van der Waals surface area contributed by atoms with Gasteiger partial charge in [0, 0.05) is 21.9 Å². The first-order valence-corrected chi connectivity index (χ1v) is 8.72. The molecule has 0 saturated carbocycles. The molecule has 0 unspecified atom stereocenters. The molecule has 116 valence electrons. The molecule has 2 aromatic carbocycles. The first-order valence-electron chi connectivity index (χ1n) is 7.11. The van der Waals surface area contributed by atoms with Crippen molar-refractivity contribution in [2.75, 3.05) is 10.6 Å². The molecule has 0 aliphatic heterocycles. The van der Waals surface area contributed by atoms with Crippen LogP contribution in [0.25, 0.3) is 0 Å². The Labute approximate surface area is 147 Å². The van der Waals surface area contributed by atoms with Crippen molar-refractivity contribution in [1.82, 2.24) is 0 Å². The van der Waals surface area contributed by atoms with Crippen LogP contribution in [-0.4, -0.2) is 5.91 Å². The SMILES string of the molecule is Nc1ccc(N(C(=O)Cc2ccc(Br)s2)c2ccccc2)cc1. The van der Waals surface area contributed by atoms with E-state index < -0.39 is 0 Å². The number of nitrogens with two attached hydrogens (primary N) is 1. The maximum Gasteiger partial charge on any atom is 0.236 e. The highest BCUT2D eigenvalue weighted by Gasteiger charge is 2.18. The lowest BCUT2D eigenvalue weighted by Crippen LogP contribution is -2.27. The quantitative estimate of drug-likeness (QED) is 0.641. The van der Waals surface area contributed by atoms with Gasteiger partial charge in [0.2, 0.25) is 5.91 Å². The van der Waals surface area contributed by atoms with Crippen molar-refractivity contribution in [3.63, 3.8) is 0 Å². The number of carbonyl (C=O) groups excluding carboxylic acids is 1. The highest BCUT2D eigenvalue weighted by Crippen LogP contribution is 2.29. The van der Waals surface area contributed by atoms with Crippen molar-refractivity contribution in [2.45, 2.75) is 6.42 Å². The molecular formula is C18H15BrN2OS. The largest absolute Gasteiger partial charge is 0.399 e. The molecule has 0 saturated heterocycles. The number of thiophene rings is 1. The first-order chi connectivity index (χ1) is 11.1. The number of halogens is 1. The molecule has 0 atom stereocenters. The van der Waals surface area contributed by atoms with Crippen LogP contribution < -0.4 is 10.6 Å². The van der Waals surface area contributed by atoms with Crippen LogP contribution in [0.2, 0.25) is 0 Å². The molecule has 1 amide bonds. The molecule has 0 aliphatic carbocycles. The lowest BCUT2D eigenvalue weighted by atomic mass is 10.2. The number of benzene rings is 2. The van der Waals surface area contributed by atoms with Crippen molar-refractivity contribution in [3.8, 4) is 0 Å². The lowest BCUT2D eigenvalue weighted by molar-refractivity contribution is -0.117. The summed E-state index contributed by atoms with van der Waals surface area (Å²) >= 11 is 5.01. The fourth-order valence-corrected chi connectivity index (χ4v) is 3.79. The van der Waals surface area contributed by atoms with Crippen LogP contribution >= 0.6 is 27.3 Å². The molecule has 0 radical (unpaired) electrons. The minimum Gasteiger partial charge on any atom is -0.399 e. The van der Waals surface area contributed by atoms with Gasteiger partial charge < -0.3 is 5.73 Å². The Morgan fingerprint density at radius 1 is 0.957 bits per heavy atom. The van der Waals surface area contributed by atoms with E-state index in [0.29, 0.717) is 12.1 Å². The van der Waals surface area contributed by atoms with Crippen molar-refractivity contribution in [1.29, 1.82) is 0 Å². The van der Waals surface area contributed by atoms with Crippen LogP contribution in [-0.2, 0) is 11.2 Å². The summed E-state index contributed by atoms with van der Waals surface area (Å²) in [6, 6.07) is 20.9. The van der Waals surface area contributed by atoms with Gasteiger partial charge in [-0.1, -0.05) is 18.2 Å². The third kappa shape index (κ3) is 3.81. The van der Waals surface area contributed by atoms with Gasteiger partial charge in [-0.05, 0) is 64.5 Å². The average Bonchev–Trinajstić information content (AvgIpc) is 2.95. The third-order valence-corrected chi connectivity index (χ3v) is 4.99. The highest BCUT2D eigenvalue weighted by atomic mass is 79.9. The second-order valence-corrected chi connectivity index (χ2v) is 7.59. The van der Waals surface area contributed by atoms with Crippen LogP contribution in [0.3, 0.4) is 0 Å². The van der Waals surface area contributed by atoms with E-state index in [2.05, 4.69) is 15.9 Å². The minimum atomic E-state index is 0.0234. The Hall–Kier alpha value is -2.11. The standard InChI is InChI=1S/C18H15BrN2OS/c19-17-11-10-16(23-17)12-18(22)21(14-4-2-1-3-5-14)15-8-6-13(20)7-9-15/h1-11H,12,20H2. The van der Waals surface area contributed by atoms with Crippen molar-refractivity contribution >= 4 is 50.2 Å². The summed E-state index contributed by atoms with van der Waals surface area (Å²) in [5.41, 5.74) is 8.09. The van der Waals surface area contributed by atoms with E-state index in [1.807, 2.05) is 54.6 Å². The van der Waals surface area contributed by atoms with Crippen LogP contribution in [0.1, 0.15) is 4.88 Å². The van der Waals surface area contributed by atoms with Gasteiger partial charge in [0.25, 0.3) is 0 Å². The van der Waals surface area contributed by atoms with Gasteiger partial charge in [-0.25, -0.2) is 0 Å². The van der Waals surface area contributed by atoms with Crippen LogP contribution in [0.4, 0.5) is 17.1 Å². The van der Waals surface area contributed by atoms with E-state index in [1.54, 1.807) is 28.4 Å². The molecule has 0 bridgehead atoms. The summed E-state index contributed by atoms with van der Waals surface area (Å²) in [4.78, 5) is 15.6. The number of rotatable bonds is 4. The average molecular weight is 387 g/mol. The predicted molar refractivity (Wildman–Crippen MR) is 100 cm³/mol. The number of para-hydroxylation sites is 1. The van der Waals surface area contributed by atoms with E-state index >= 15 is 0 Å². The van der Waals surface area contributed by atoms with Crippen LogP contribution in [0.5, 0.6) is 0 Å².